The van der Waals surface area contributed by atoms with Gasteiger partial charge in [-0.15, -0.1) is 0 Å². The molecule has 0 aliphatic carbocycles. The summed E-state index contributed by atoms with van der Waals surface area (Å²) in [5.41, 5.74) is 3.07. The number of piperidine rings is 1. The number of nitrogens with one attached hydrogen (secondary N) is 1. The van der Waals surface area contributed by atoms with E-state index >= 15 is 0 Å². The molecule has 1 aliphatic heterocycles. The molecule has 1 fully saturated rings. The standard InChI is InChI=1S/C20H23N3O3/c1-14-16(17-4-2-3-5-19(17)26-14)6-10-21-20(24)23-11-7-15(8-12-23)18-9-13-25-22-18/h2-5,9,13,15H,6-8,10-12H2,1H3,(H,21,24). The largest absolute Gasteiger partial charge is 0.461 e. The van der Waals surface area contributed by atoms with Crippen molar-refractivity contribution in [3.8, 4) is 0 Å². The van der Waals surface area contributed by atoms with Crippen LogP contribution in [0, 0.1) is 6.92 Å². The number of aryl methyl sites for hydroxylation is 1. The summed E-state index contributed by atoms with van der Waals surface area (Å²) in [5, 5.41) is 8.19. The number of rotatable bonds is 4. The number of carbonyl (C=O) groups excluding carboxylic acids is 1. The van der Waals surface area contributed by atoms with Gasteiger partial charge in [0.1, 0.15) is 17.6 Å². The summed E-state index contributed by atoms with van der Waals surface area (Å²) in [4.78, 5) is 14.3. The van der Waals surface area contributed by atoms with Crippen LogP contribution in [0.2, 0.25) is 0 Å². The molecule has 0 unspecified atom stereocenters. The molecule has 26 heavy (non-hydrogen) atoms. The molecule has 136 valence electrons. The highest BCUT2D eigenvalue weighted by molar-refractivity contribution is 5.82. The molecular weight excluding hydrogens is 330 g/mol. The summed E-state index contributed by atoms with van der Waals surface area (Å²) in [7, 11) is 0. The van der Waals surface area contributed by atoms with E-state index in [1.165, 1.54) is 5.56 Å². The van der Waals surface area contributed by atoms with E-state index in [-0.39, 0.29) is 6.03 Å². The van der Waals surface area contributed by atoms with Crippen molar-refractivity contribution in [3.05, 3.63) is 53.6 Å². The maximum atomic E-state index is 12.4. The first-order chi connectivity index (χ1) is 12.7. The number of likely N-dealkylation sites (tertiary alicyclic amines) is 1. The van der Waals surface area contributed by atoms with Crippen molar-refractivity contribution in [1.29, 1.82) is 0 Å². The highest BCUT2D eigenvalue weighted by Crippen LogP contribution is 2.27. The van der Waals surface area contributed by atoms with Gasteiger partial charge in [-0.1, -0.05) is 23.4 Å². The second-order valence-electron chi connectivity index (χ2n) is 6.80. The Balaban J connectivity index is 1.28. The quantitative estimate of drug-likeness (QED) is 0.773. The van der Waals surface area contributed by atoms with Crippen LogP contribution in [0.5, 0.6) is 0 Å². The molecule has 0 bridgehead atoms. The van der Waals surface area contributed by atoms with Gasteiger partial charge in [0.05, 0.1) is 5.69 Å². The number of nitrogens with zero attached hydrogens (tertiary/aromatic N) is 2. The van der Waals surface area contributed by atoms with Gasteiger partial charge in [0.15, 0.2) is 0 Å². The Labute approximate surface area is 152 Å². The van der Waals surface area contributed by atoms with Gasteiger partial charge in [0, 0.05) is 42.6 Å². The van der Waals surface area contributed by atoms with Crippen molar-refractivity contribution < 1.29 is 13.7 Å². The molecule has 3 aromatic rings. The van der Waals surface area contributed by atoms with E-state index in [0.717, 1.165) is 54.8 Å². The van der Waals surface area contributed by atoms with Crippen molar-refractivity contribution in [1.82, 2.24) is 15.4 Å². The van der Waals surface area contributed by atoms with Gasteiger partial charge < -0.3 is 19.2 Å². The van der Waals surface area contributed by atoms with Crippen molar-refractivity contribution >= 4 is 17.0 Å². The molecule has 1 saturated heterocycles. The highest BCUT2D eigenvalue weighted by Gasteiger charge is 2.25. The summed E-state index contributed by atoms with van der Waals surface area (Å²) in [6.07, 6.45) is 4.22. The molecule has 0 atom stereocenters. The number of fused-ring (bicyclic) bond motifs is 1. The third kappa shape index (κ3) is 3.31. The molecular formula is C20H23N3O3. The molecule has 0 saturated carbocycles. The molecule has 2 amide bonds. The summed E-state index contributed by atoms with van der Waals surface area (Å²) in [5.74, 6) is 1.31. The number of furan rings is 1. The minimum absolute atomic E-state index is 0.00839. The Hall–Kier alpha value is -2.76. The van der Waals surface area contributed by atoms with Gasteiger partial charge in [-0.25, -0.2) is 4.79 Å². The van der Waals surface area contributed by atoms with E-state index in [4.69, 9.17) is 8.94 Å². The molecule has 0 radical (unpaired) electrons. The first-order valence-corrected chi connectivity index (χ1v) is 9.12. The Morgan fingerprint density at radius 2 is 2.08 bits per heavy atom. The monoisotopic (exact) mass is 353 g/mol. The summed E-state index contributed by atoms with van der Waals surface area (Å²) < 4.78 is 10.7. The van der Waals surface area contributed by atoms with Crippen LogP contribution >= 0.6 is 0 Å². The third-order valence-electron chi connectivity index (χ3n) is 5.21. The molecule has 6 nitrogen and oxygen atoms in total. The lowest BCUT2D eigenvalue weighted by Gasteiger charge is -2.31. The van der Waals surface area contributed by atoms with Gasteiger partial charge >= 0.3 is 6.03 Å². The average molecular weight is 353 g/mol. The Morgan fingerprint density at radius 3 is 2.85 bits per heavy atom. The Kier molecular flexibility index (Phi) is 4.65. The van der Waals surface area contributed by atoms with E-state index < -0.39 is 0 Å². The van der Waals surface area contributed by atoms with Crippen LogP contribution in [-0.2, 0) is 6.42 Å². The lowest BCUT2D eigenvalue weighted by atomic mass is 9.94. The van der Waals surface area contributed by atoms with Gasteiger partial charge in [0.2, 0.25) is 0 Å². The van der Waals surface area contributed by atoms with Crippen LogP contribution in [0.25, 0.3) is 11.0 Å². The number of hydrogen-bond acceptors (Lipinski definition) is 4. The Bertz CT molecular complexity index is 877. The predicted octanol–water partition coefficient (Wildman–Crippen LogP) is 3.86. The predicted molar refractivity (Wildman–Crippen MR) is 98.1 cm³/mol. The maximum absolute atomic E-state index is 12.4. The van der Waals surface area contributed by atoms with Crippen LogP contribution in [0.1, 0.15) is 35.8 Å². The number of amides is 2. The van der Waals surface area contributed by atoms with Crippen LogP contribution in [0.15, 0.2) is 45.5 Å². The first kappa shape index (κ1) is 16.7. The van der Waals surface area contributed by atoms with Gasteiger partial charge in [-0.3, -0.25) is 0 Å². The fraction of sp³-hybridized carbons (Fsp3) is 0.400. The van der Waals surface area contributed by atoms with Crippen molar-refractivity contribution in [2.45, 2.75) is 32.1 Å². The van der Waals surface area contributed by atoms with Crippen molar-refractivity contribution in [2.75, 3.05) is 19.6 Å². The summed E-state index contributed by atoms with van der Waals surface area (Å²) in [6.45, 7) is 4.08. The van der Waals surface area contributed by atoms with E-state index in [0.29, 0.717) is 12.5 Å². The smallest absolute Gasteiger partial charge is 0.317 e. The molecule has 6 heteroatoms. The van der Waals surface area contributed by atoms with Gasteiger partial charge in [-0.05, 0) is 32.3 Å². The van der Waals surface area contributed by atoms with Gasteiger partial charge in [-0.2, -0.15) is 0 Å². The van der Waals surface area contributed by atoms with E-state index in [9.17, 15) is 4.79 Å². The van der Waals surface area contributed by atoms with E-state index in [2.05, 4.69) is 16.5 Å². The number of urea groups is 1. The second-order valence-corrected chi connectivity index (χ2v) is 6.80. The van der Waals surface area contributed by atoms with E-state index in [1.54, 1.807) is 6.26 Å². The zero-order valence-electron chi connectivity index (χ0n) is 14.9. The van der Waals surface area contributed by atoms with Crippen LogP contribution in [-0.4, -0.2) is 35.7 Å². The molecule has 4 rings (SSSR count). The number of aromatic nitrogens is 1. The molecule has 1 aliphatic rings. The summed E-state index contributed by atoms with van der Waals surface area (Å²) >= 11 is 0. The highest BCUT2D eigenvalue weighted by atomic mass is 16.5. The normalized spacial score (nSPS) is 15.5. The lowest BCUT2D eigenvalue weighted by molar-refractivity contribution is 0.180. The molecule has 3 heterocycles. The molecule has 1 N–H and O–H groups in total. The van der Waals surface area contributed by atoms with Crippen molar-refractivity contribution in [3.63, 3.8) is 0 Å². The third-order valence-corrected chi connectivity index (χ3v) is 5.21. The Morgan fingerprint density at radius 1 is 1.27 bits per heavy atom. The second kappa shape index (κ2) is 7.23. The zero-order chi connectivity index (χ0) is 17.9. The topological polar surface area (TPSA) is 71.5 Å². The van der Waals surface area contributed by atoms with Crippen molar-refractivity contribution in [2.24, 2.45) is 0 Å². The SMILES string of the molecule is Cc1oc2ccccc2c1CCNC(=O)N1CCC(c2ccon2)CC1. The average Bonchev–Trinajstić information content (AvgIpc) is 3.30. The van der Waals surface area contributed by atoms with E-state index in [1.807, 2.05) is 36.1 Å². The number of hydrogen-bond donors (Lipinski definition) is 1. The number of para-hydroxylation sites is 1. The maximum Gasteiger partial charge on any atom is 0.317 e. The number of carbonyl (C=O) groups is 1. The van der Waals surface area contributed by atoms with Crippen LogP contribution in [0.3, 0.4) is 0 Å². The molecule has 0 spiro atoms. The fourth-order valence-corrected chi connectivity index (χ4v) is 3.75. The lowest BCUT2D eigenvalue weighted by Crippen LogP contribution is -2.44. The van der Waals surface area contributed by atoms with Crippen LogP contribution in [0.4, 0.5) is 4.79 Å². The first-order valence-electron chi connectivity index (χ1n) is 9.12. The zero-order valence-corrected chi connectivity index (χ0v) is 14.9. The molecule has 1 aromatic carbocycles. The fourth-order valence-electron chi connectivity index (χ4n) is 3.75. The van der Waals surface area contributed by atoms with Gasteiger partial charge in [0.25, 0.3) is 0 Å². The molecule has 2 aromatic heterocycles. The minimum Gasteiger partial charge on any atom is -0.461 e. The van der Waals surface area contributed by atoms with Crippen LogP contribution < -0.4 is 5.32 Å². The summed E-state index contributed by atoms with van der Waals surface area (Å²) in [6, 6.07) is 9.95. The number of benzene rings is 1. The minimum atomic E-state index is 0.00839.